The molecule has 134 valence electrons. The molecule has 0 N–H and O–H groups in total. The second-order valence-corrected chi connectivity index (χ2v) is 8.45. The van der Waals surface area contributed by atoms with Crippen LogP contribution in [0.5, 0.6) is 5.75 Å². The molecular formula is C17H18Cl2N2O3S. The van der Waals surface area contributed by atoms with Crippen molar-refractivity contribution in [2.45, 2.75) is 4.90 Å². The van der Waals surface area contributed by atoms with Crippen molar-refractivity contribution in [3.8, 4) is 5.75 Å². The highest BCUT2D eigenvalue weighted by atomic mass is 35.5. The van der Waals surface area contributed by atoms with Gasteiger partial charge in [0.1, 0.15) is 10.6 Å². The molecule has 5 nitrogen and oxygen atoms in total. The van der Waals surface area contributed by atoms with Crippen molar-refractivity contribution in [3.63, 3.8) is 0 Å². The highest BCUT2D eigenvalue weighted by Crippen LogP contribution is 2.30. The molecule has 25 heavy (non-hydrogen) atoms. The van der Waals surface area contributed by atoms with E-state index < -0.39 is 10.0 Å². The summed E-state index contributed by atoms with van der Waals surface area (Å²) in [4.78, 5) is 2.26. The van der Waals surface area contributed by atoms with Gasteiger partial charge in [-0.25, -0.2) is 8.42 Å². The number of hydrogen-bond acceptors (Lipinski definition) is 4. The van der Waals surface area contributed by atoms with E-state index >= 15 is 0 Å². The third-order valence-corrected chi connectivity index (χ3v) is 6.56. The van der Waals surface area contributed by atoms with Crippen molar-refractivity contribution in [2.75, 3.05) is 38.2 Å². The van der Waals surface area contributed by atoms with Crippen LogP contribution in [0.1, 0.15) is 0 Å². The summed E-state index contributed by atoms with van der Waals surface area (Å²) in [5, 5.41) is 1.10. The van der Waals surface area contributed by atoms with Gasteiger partial charge in [-0.2, -0.15) is 4.31 Å². The molecule has 1 aliphatic heterocycles. The van der Waals surface area contributed by atoms with Crippen LogP contribution < -0.4 is 9.64 Å². The van der Waals surface area contributed by atoms with Crippen LogP contribution in [0.15, 0.2) is 47.4 Å². The fraction of sp³-hybridized carbons (Fsp3) is 0.294. The number of halogens is 2. The van der Waals surface area contributed by atoms with E-state index in [0.717, 1.165) is 5.69 Å². The molecule has 0 amide bonds. The zero-order valence-electron chi connectivity index (χ0n) is 13.7. The Morgan fingerprint density at radius 3 is 2.28 bits per heavy atom. The van der Waals surface area contributed by atoms with Crippen molar-refractivity contribution in [3.05, 3.63) is 52.5 Å². The number of hydrogen-bond donors (Lipinski definition) is 0. The molecular weight excluding hydrogens is 383 g/mol. The number of piperazine rings is 1. The molecule has 1 fully saturated rings. The number of methoxy groups -OCH3 is 1. The average molecular weight is 401 g/mol. The minimum Gasteiger partial charge on any atom is -0.495 e. The Balaban J connectivity index is 1.78. The van der Waals surface area contributed by atoms with E-state index in [1.807, 2.05) is 24.3 Å². The van der Waals surface area contributed by atoms with Gasteiger partial charge in [-0.05, 0) is 30.3 Å². The number of rotatable bonds is 4. The minimum absolute atomic E-state index is 0.135. The van der Waals surface area contributed by atoms with Gasteiger partial charge >= 0.3 is 0 Å². The molecule has 0 aliphatic carbocycles. The lowest BCUT2D eigenvalue weighted by molar-refractivity contribution is 0.374. The molecule has 0 spiro atoms. The van der Waals surface area contributed by atoms with Crippen molar-refractivity contribution < 1.29 is 13.2 Å². The van der Waals surface area contributed by atoms with Crippen molar-refractivity contribution in [1.29, 1.82) is 0 Å². The summed E-state index contributed by atoms with van der Waals surface area (Å²) in [6.45, 7) is 1.96. The van der Waals surface area contributed by atoms with Gasteiger partial charge in [-0.3, -0.25) is 0 Å². The Kier molecular flexibility index (Phi) is 5.43. The van der Waals surface area contributed by atoms with Crippen molar-refractivity contribution in [1.82, 2.24) is 4.31 Å². The fourth-order valence-electron chi connectivity index (χ4n) is 2.85. The Morgan fingerprint density at radius 2 is 1.64 bits per heavy atom. The highest BCUT2D eigenvalue weighted by molar-refractivity contribution is 7.89. The van der Waals surface area contributed by atoms with Crippen LogP contribution in [0.25, 0.3) is 0 Å². The number of benzene rings is 2. The maximum Gasteiger partial charge on any atom is 0.246 e. The van der Waals surface area contributed by atoms with Gasteiger partial charge < -0.3 is 9.64 Å². The van der Waals surface area contributed by atoms with E-state index in [4.69, 9.17) is 27.9 Å². The molecule has 0 bridgehead atoms. The predicted molar refractivity (Wildman–Crippen MR) is 100 cm³/mol. The maximum atomic E-state index is 12.9. The smallest absolute Gasteiger partial charge is 0.246 e. The summed E-state index contributed by atoms with van der Waals surface area (Å²) in [6, 6.07) is 12.1. The number of nitrogens with zero attached hydrogens (tertiary/aromatic N) is 2. The Hall–Kier alpha value is -1.47. The van der Waals surface area contributed by atoms with E-state index in [9.17, 15) is 8.42 Å². The standard InChI is InChI=1S/C17H18Cl2N2O3S/c1-24-16-12-14(19)5-6-17(16)25(22,23)21-9-7-20(8-10-21)15-4-2-3-13(18)11-15/h2-6,11-12H,7-10H2,1H3. The predicted octanol–water partition coefficient (Wildman–Crippen LogP) is 3.51. The molecule has 0 atom stereocenters. The zero-order chi connectivity index (χ0) is 18.0. The molecule has 8 heteroatoms. The first-order chi connectivity index (χ1) is 11.9. The number of ether oxygens (including phenoxy) is 1. The molecule has 0 radical (unpaired) electrons. The Morgan fingerprint density at radius 1 is 0.960 bits per heavy atom. The van der Waals surface area contributed by atoms with Crippen molar-refractivity contribution >= 4 is 38.9 Å². The molecule has 1 saturated heterocycles. The molecule has 2 aromatic rings. The van der Waals surface area contributed by atoms with Gasteiger partial charge in [0.15, 0.2) is 0 Å². The third kappa shape index (κ3) is 3.87. The molecule has 2 aromatic carbocycles. The molecule has 0 aromatic heterocycles. The summed E-state index contributed by atoms with van der Waals surface area (Å²) in [5.41, 5.74) is 0.994. The fourth-order valence-corrected chi connectivity index (χ4v) is 4.76. The maximum absolute atomic E-state index is 12.9. The number of anilines is 1. The van der Waals surface area contributed by atoms with Crippen LogP contribution in [0.3, 0.4) is 0 Å². The van der Waals surface area contributed by atoms with Gasteiger partial charge in [0.05, 0.1) is 7.11 Å². The lowest BCUT2D eigenvalue weighted by Gasteiger charge is -2.35. The average Bonchev–Trinajstić information content (AvgIpc) is 2.61. The first kappa shape index (κ1) is 18.3. The molecule has 3 rings (SSSR count). The van der Waals surface area contributed by atoms with Crippen LogP contribution >= 0.6 is 23.2 Å². The van der Waals surface area contributed by atoms with Crippen LogP contribution in [-0.4, -0.2) is 46.0 Å². The minimum atomic E-state index is -3.64. The lowest BCUT2D eigenvalue weighted by atomic mass is 10.2. The van der Waals surface area contributed by atoms with Gasteiger partial charge in [0.2, 0.25) is 10.0 Å². The molecule has 1 aliphatic rings. The normalized spacial score (nSPS) is 16.0. The summed E-state index contributed by atoms with van der Waals surface area (Å²) in [7, 11) is -2.21. The van der Waals surface area contributed by atoms with Gasteiger partial charge in [-0.1, -0.05) is 29.3 Å². The molecule has 0 saturated carbocycles. The largest absolute Gasteiger partial charge is 0.495 e. The highest BCUT2D eigenvalue weighted by Gasteiger charge is 2.31. The SMILES string of the molecule is COc1cc(Cl)ccc1S(=O)(=O)N1CCN(c2cccc(Cl)c2)CC1. The lowest BCUT2D eigenvalue weighted by Crippen LogP contribution is -2.48. The summed E-state index contributed by atoms with van der Waals surface area (Å²) in [5.74, 6) is 0.254. The van der Waals surface area contributed by atoms with Crippen LogP contribution in [0.2, 0.25) is 10.0 Å². The quantitative estimate of drug-likeness (QED) is 0.787. The Labute approximate surface area is 157 Å². The Bertz CT molecular complexity index is 866. The molecule has 1 heterocycles. The van der Waals surface area contributed by atoms with E-state index in [2.05, 4.69) is 4.90 Å². The number of sulfonamides is 1. The van der Waals surface area contributed by atoms with Crippen LogP contribution in [0.4, 0.5) is 5.69 Å². The monoisotopic (exact) mass is 400 g/mol. The molecule has 0 unspecified atom stereocenters. The van der Waals surface area contributed by atoms with E-state index in [-0.39, 0.29) is 10.6 Å². The second kappa shape index (κ2) is 7.41. The zero-order valence-corrected chi connectivity index (χ0v) is 16.0. The topological polar surface area (TPSA) is 49.9 Å². The summed E-state index contributed by atoms with van der Waals surface area (Å²) in [6.07, 6.45) is 0. The van der Waals surface area contributed by atoms with Crippen LogP contribution in [0, 0.1) is 0 Å². The van der Waals surface area contributed by atoms with E-state index in [1.165, 1.54) is 23.5 Å². The van der Waals surface area contributed by atoms with Gasteiger partial charge in [-0.15, -0.1) is 0 Å². The van der Waals surface area contributed by atoms with Crippen LogP contribution in [-0.2, 0) is 10.0 Å². The second-order valence-electron chi connectivity index (χ2n) is 5.67. The van der Waals surface area contributed by atoms with E-state index in [0.29, 0.717) is 36.2 Å². The van der Waals surface area contributed by atoms with Crippen molar-refractivity contribution in [2.24, 2.45) is 0 Å². The summed E-state index contributed by atoms with van der Waals surface area (Å²) < 4.78 is 32.5. The third-order valence-electron chi connectivity index (χ3n) is 4.16. The first-order valence-corrected chi connectivity index (χ1v) is 9.95. The van der Waals surface area contributed by atoms with Gasteiger partial charge in [0.25, 0.3) is 0 Å². The van der Waals surface area contributed by atoms with Gasteiger partial charge in [0, 0.05) is 48.0 Å². The first-order valence-electron chi connectivity index (χ1n) is 7.76. The van der Waals surface area contributed by atoms with E-state index in [1.54, 1.807) is 6.07 Å². The summed E-state index contributed by atoms with van der Waals surface area (Å²) >= 11 is 12.0.